The molecule has 34 heavy (non-hydrogen) atoms. The van der Waals surface area contributed by atoms with E-state index in [4.69, 9.17) is 36.1 Å². The second-order valence-electron chi connectivity index (χ2n) is 9.81. The van der Waals surface area contributed by atoms with Gasteiger partial charge in [-0.05, 0) is 40.3 Å². The van der Waals surface area contributed by atoms with Gasteiger partial charge in [-0.25, -0.2) is 0 Å². The minimum absolute atomic E-state index is 0.0932. The molecular weight excluding hydrogens is 450 g/mol. The van der Waals surface area contributed by atoms with Crippen LogP contribution in [0.25, 0.3) is 0 Å². The Morgan fingerprint density at radius 1 is 1.00 bits per heavy atom. The van der Waals surface area contributed by atoms with Gasteiger partial charge in [0.05, 0.1) is 31.4 Å². The minimum Gasteiger partial charge on any atom is -0.393 e. The van der Waals surface area contributed by atoms with Crippen LogP contribution in [-0.2, 0) is 18.9 Å². The van der Waals surface area contributed by atoms with E-state index in [1.54, 1.807) is 0 Å². The molecule has 13 unspecified atom stereocenters. The van der Waals surface area contributed by atoms with Crippen molar-refractivity contribution in [3.8, 4) is 0 Å². The highest BCUT2D eigenvalue weighted by molar-refractivity contribution is 5.03. The van der Waals surface area contributed by atoms with Crippen molar-refractivity contribution in [1.29, 1.82) is 0 Å². The van der Waals surface area contributed by atoms with Gasteiger partial charge in [-0.3, -0.25) is 0 Å². The van der Waals surface area contributed by atoms with E-state index in [2.05, 4.69) is 10.6 Å². The minimum atomic E-state index is -1.69. The van der Waals surface area contributed by atoms with Crippen LogP contribution in [0.4, 0.5) is 0 Å². The third-order valence-electron chi connectivity index (χ3n) is 7.38. The summed E-state index contributed by atoms with van der Waals surface area (Å²) in [7, 11) is 3.39. The van der Waals surface area contributed by atoms with Crippen molar-refractivity contribution in [3.05, 3.63) is 0 Å². The lowest BCUT2D eigenvalue weighted by Crippen LogP contribution is -2.70. The number of nitrogens with two attached hydrogens (primary N) is 3. The molecule has 13 heteroatoms. The van der Waals surface area contributed by atoms with Crippen LogP contribution in [0.2, 0.25) is 0 Å². The molecule has 1 saturated carbocycles. The van der Waals surface area contributed by atoms with E-state index < -0.39 is 67.3 Å². The zero-order valence-corrected chi connectivity index (χ0v) is 20.1. The first-order valence-corrected chi connectivity index (χ1v) is 11.9. The lowest BCUT2D eigenvalue weighted by atomic mass is 9.84. The predicted molar refractivity (Wildman–Crippen MR) is 121 cm³/mol. The van der Waals surface area contributed by atoms with Gasteiger partial charge in [-0.1, -0.05) is 0 Å². The van der Waals surface area contributed by atoms with Crippen LogP contribution in [0, 0.1) is 0 Å². The Hall–Kier alpha value is -0.520. The summed E-state index contributed by atoms with van der Waals surface area (Å²) in [6, 6.07) is -2.47. The fraction of sp³-hybridized carbons (Fsp3) is 1.00. The molecule has 3 aliphatic rings. The van der Waals surface area contributed by atoms with Crippen molar-refractivity contribution in [1.82, 2.24) is 10.6 Å². The largest absolute Gasteiger partial charge is 0.393 e. The van der Waals surface area contributed by atoms with Gasteiger partial charge >= 0.3 is 0 Å². The van der Waals surface area contributed by atoms with E-state index in [1.807, 2.05) is 14.0 Å². The maximum Gasteiger partial charge on any atom is 0.185 e. The summed E-state index contributed by atoms with van der Waals surface area (Å²) in [5.74, 6) is 0. The molecule has 2 aliphatic heterocycles. The van der Waals surface area contributed by atoms with Gasteiger partial charge in [0.25, 0.3) is 0 Å². The molecule has 13 nitrogen and oxygen atoms in total. The number of aliphatic hydroxyl groups is 4. The third kappa shape index (κ3) is 5.72. The highest BCUT2D eigenvalue weighted by atomic mass is 16.7. The van der Waals surface area contributed by atoms with E-state index in [9.17, 15) is 20.4 Å². The van der Waals surface area contributed by atoms with Crippen LogP contribution >= 0.6 is 0 Å². The summed E-state index contributed by atoms with van der Waals surface area (Å²) < 4.78 is 23.6. The molecule has 0 aromatic heterocycles. The van der Waals surface area contributed by atoms with Crippen molar-refractivity contribution < 1.29 is 39.4 Å². The van der Waals surface area contributed by atoms with Crippen LogP contribution in [0.1, 0.15) is 26.2 Å². The molecule has 2 heterocycles. The molecule has 1 aliphatic carbocycles. The smallest absolute Gasteiger partial charge is 0.185 e. The Balaban J connectivity index is 1.69. The first-order chi connectivity index (χ1) is 16.1. The number of nitrogens with one attached hydrogen (secondary N) is 2. The van der Waals surface area contributed by atoms with Gasteiger partial charge in [0.15, 0.2) is 12.6 Å². The molecule has 200 valence electrons. The molecule has 0 spiro atoms. The average molecular weight is 494 g/mol. The summed E-state index contributed by atoms with van der Waals surface area (Å²) in [5, 5.41) is 47.8. The first-order valence-electron chi connectivity index (χ1n) is 11.9. The number of ether oxygens (including phenoxy) is 4. The summed E-state index contributed by atoms with van der Waals surface area (Å²) in [6.07, 6.45) is -4.77. The monoisotopic (exact) mass is 493 g/mol. The Morgan fingerprint density at radius 2 is 1.62 bits per heavy atom. The lowest BCUT2D eigenvalue weighted by Gasteiger charge is -2.48. The van der Waals surface area contributed by atoms with E-state index in [-0.39, 0.29) is 31.2 Å². The predicted octanol–water partition coefficient (Wildman–Crippen LogP) is -4.36. The van der Waals surface area contributed by atoms with Crippen LogP contribution in [0.5, 0.6) is 0 Å². The second kappa shape index (κ2) is 11.7. The topological polar surface area (TPSA) is 220 Å². The fourth-order valence-electron chi connectivity index (χ4n) is 5.06. The number of hydrogen-bond donors (Lipinski definition) is 9. The molecule has 0 amide bonds. The van der Waals surface area contributed by atoms with Gasteiger partial charge in [-0.2, -0.15) is 0 Å². The Morgan fingerprint density at radius 3 is 2.18 bits per heavy atom. The molecular formula is C21H43N5O8. The van der Waals surface area contributed by atoms with Crippen molar-refractivity contribution in [2.45, 2.75) is 105 Å². The van der Waals surface area contributed by atoms with Crippen LogP contribution in [0.15, 0.2) is 0 Å². The van der Waals surface area contributed by atoms with Crippen LogP contribution in [0.3, 0.4) is 0 Å². The molecule has 12 N–H and O–H groups in total. The summed E-state index contributed by atoms with van der Waals surface area (Å²) in [4.78, 5) is 0. The third-order valence-corrected chi connectivity index (χ3v) is 7.38. The Labute approximate surface area is 200 Å². The standard InChI is InChI=1S/C21H43N5O8/c1-9(25-2)13-5-4-10(22)19(32-13)33-16-11(23)6-12(24)17(14(16)28)34-20-15(29)18(26-3)21(30,7-27)8-31-20/h9-20,25-30H,4-8,22-24H2,1-3H3. The van der Waals surface area contributed by atoms with Crippen molar-refractivity contribution in [2.24, 2.45) is 17.2 Å². The first kappa shape index (κ1) is 28.1. The summed E-state index contributed by atoms with van der Waals surface area (Å²) >= 11 is 0. The van der Waals surface area contributed by atoms with Crippen molar-refractivity contribution in [3.63, 3.8) is 0 Å². The van der Waals surface area contributed by atoms with Gasteiger partial charge in [0.1, 0.15) is 30.0 Å². The van der Waals surface area contributed by atoms with E-state index >= 15 is 0 Å². The number of rotatable bonds is 8. The van der Waals surface area contributed by atoms with Gasteiger partial charge in [0.2, 0.25) is 0 Å². The molecule has 0 aromatic carbocycles. The van der Waals surface area contributed by atoms with Crippen molar-refractivity contribution in [2.75, 3.05) is 27.3 Å². The maximum absolute atomic E-state index is 11.1. The summed E-state index contributed by atoms with van der Waals surface area (Å²) in [6.45, 7) is 1.10. The molecule has 0 aromatic rings. The highest BCUT2D eigenvalue weighted by Gasteiger charge is 2.52. The molecule has 0 radical (unpaired) electrons. The van der Waals surface area contributed by atoms with Gasteiger partial charge < -0.3 is 67.2 Å². The van der Waals surface area contributed by atoms with E-state index in [0.29, 0.717) is 6.42 Å². The Kier molecular flexibility index (Phi) is 9.64. The molecule has 0 bridgehead atoms. The highest BCUT2D eigenvalue weighted by Crippen LogP contribution is 2.31. The molecule has 3 fully saturated rings. The maximum atomic E-state index is 11.1. The van der Waals surface area contributed by atoms with Gasteiger partial charge in [-0.15, -0.1) is 0 Å². The molecule has 3 rings (SSSR count). The van der Waals surface area contributed by atoms with Crippen LogP contribution < -0.4 is 27.8 Å². The molecule has 13 atom stereocenters. The normalized spacial score (nSPS) is 49.1. The Bertz CT molecular complexity index is 652. The van der Waals surface area contributed by atoms with Crippen molar-refractivity contribution >= 4 is 0 Å². The quantitative estimate of drug-likeness (QED) is 0.156. The second-order valence-corrected chi connectivity index (χ2v) is 9.81. The number of aliphatic hydroxyl groups excluding tert-OH is 3. The van der Waals surface area contributed by atoms with Crippen LogP contribution in [-0.4, -0.2) is 127 Å². The number of hydrogen-bond acceptors (Lipinski definition) is 13. The SMILES string of the molecule is CNC(C)C1CCC(N)C(OC2C(N)CC(N)C(OC3OCC(O)(CO)C(NC)C3O)C2O)O1. The zero-order valence-electron chi connectivity index (χ0n) is 20.1. The van der Waals surface area contributed by atoms with Gasteiger partial charge in [0, 0.05) is 18.1 Å². The summed E-state index contributed by atoms with van der Waals surface area (Å²) in [5.41, 5.74) is 17.1. The molecule has 2 saturated heterocycles. The van der Waals surface area contributed by atoms with E-state index in [1.165, 1.54) is 7.05 Å². The lowest BCUT2D eigenvalue weighted by molar-refractivity contribution is -0.311. The fourth-order valence-corrected chi connectivity index (χ4v) is 5.06. The number of likely N-dealkylation sites (N-methyl/N-ethyl adjacent to an activating group) is 2. The average Bonchev–Trinajstić information content (AvgIpc) is 2.81. The van der Waals surface area contributed by atoms with E-state index in [0.717, 1.165) is 6.42 Å². The zero-order chi connectivity index (χ0) is 25.2.